The van der Waals surface area contributed by atoms with Gasteiger partial charge in [-0.05, 0) is 65.7 Å². The summed E-state index contributed by atoms with van der Waals surface area (Å²) in [6, 6.07) is 57.7. The molecule has 0 amide bonds. The van der Waals surface area contributed by atoms with Gasteiger partial charge in [-0.1, -0.05) is 109 Å². The summed E-state index contributed by atoms with van der Waals surface area (Å²) in [6.07, 6.45) is 0. The number of fused-ring (bicyclic) bond motifs is 9. The lowest BCUT2D eigenvalue weighted by atomic mass is 10.0. The molecule has 0 aliphatic heterocycles. The second-order valence-electron chi connectivity index (χ2n) is 13.0. The second kappa shape index (κ2) is 11.0. The molecule has 4 nitrogen and oxygen atoms in total. The van der Waals surface area contributed by atoms with Crippen LogP contribution in [-0.4, -0.2) is 14.5 Å². The highest BCUT2D eigenvalue weighted by atomic mass is 32.1. The first-order valence-corrected chi connectivity index (χ1v) is 17.9. The molecule has 0 saturated carbocycles. The van der Waals surface area contributed by atoms with Gasteiger partial charge >= 0.3 is 0 Å². The van der Waals surface area contributed by atoms with E-state index in [2.05, 4.69) is 168 Å². The lowest BCUT2D eigenvalue weighted by Gasteiger charge is -2.10. The Morgan fingerprint density at radius 2 is 1.16 bits per heavy atom. The molecule has 51 heavy (non-hydrogen) atoms. The first kappa shape index (κ1) is 28.3. The Hall–Kier alpha value is -6.56. The van der Waals surface area contributed by atoms with Crippen molar-refractivity contribution in [3.05, 3.63) is 164 Å². The molecule has 11 rings (SSSR count). The summed E-state index contributed by atoms with van der Waals surface area (Å²) in [4.78, 5) is 10.6. The average Bonchev–Trinajstić information content (AvgIpc) is 3.87. The van der Waals surface area contributed by atoms with Crippen molar-refractivity contribution in [2.75, 3.05) is 0 Å². The number of para-hydroxylation sites is 2. The molecule has 4 heterocycles. The third kappa shape index (κ3) is 4.32. The lowest BCUT2D eigenvalue weighted by molar-refractivity contribution is 0.669. The van der Waals surface area contributed by atoms with Crippen molar-refractivity contribution in [1.29, 1.82) is 0 Å². The lowest BCUT2D eigenvalue weighted by Crippen LogP contribution is -1.95. The number of thiophene rings is 1. The molecule has 4 aromatic heterocycles. The zero-order valence-electron chi connectivity index (χ0n) is 27.2. The van der Waals surface area contributed by atoms with Crippen molar-refractivity contribution in [3.63, 3.8) is 0 Å². The molecule has 7 aromatic carbocycles. The van der Waals surface area contributed by atoms with Crippen LogP contribution < -0.4 is 0 Å². The van der Waals surface area contributed by atoms with E-state index >= 15 is 0 Å². The molecule has 238 valence electrons. The number of furan rings is 1. The van der Waals surface area contributed by atoms with Crippen molar-refractivity contribution in [1.82, 2.24) is 14.5 Å². The third-order valence-corrected chi connectivity index (χ3v) is 11.2. The van der Waals surface area contributed by atoms with Gasteiger partial charge < -0.3 is 8.98 Å². The fraction of sp³-hybridized carbons (Fsp3) is 0. The minimum Gasteiger partial charge on any atom is -0.456 e. The summed E-state index contributed by atoms with van der Waals surface area (Å²) >= 11 is 1.75. The molecule has 0 atom stereocenters. The topological polar surface area (TPSA) is 43.9 Å². The molecular formula is C46H27N3OS. The maximum absolute atomic E-state index is 6.52. The maximum atomic E-state index is 6.52. The normalized spacial score (nSPS) is 11.9. The fourth-order valence-corrected chi connectivity index (χ4v) is 8.86. The molecule has 0 bridgehead atoms. The predicted molar refractivity (Wildman–Crippen MR) is 213 cm³/mol. The van der Waals surface area contributed by atoms with E-state index in [9.17, 15) is 0 Å². The molecule has 5 heteroatoms. The van der Waals surface area contributed by atoms with Gasteiger partial charge in [-0.2, -0.15) is 0 Å². The highest BCUT2D eigenvalue weighted by Crippen LogP contribution is 2.42. The van der Waals surface area contributed by atoms with E-state index in [0.29, 0.717) is 5.82 Å². The Morgan fingerprint density at radius 3 is 1.98 bits per heavy atom. The highest BCUT2D eigenvalue weighted by molar-refractivity contribution is 7.26. The first-order valence-electron chi connectivity index (χ1n) is 17.1. The second-order valence-corrected chi connectivity index (χ2v) is 14.0. The van der Waals surface area contributed by atoms with E-state index in [1.54, 1.807) is 11.3 Å². The van der Waals surface area contributed by atoms with Crippen molar-refractivity contribution in [3.8, 4) is 39.5 Å². The Labute approximate surface area is 296 Å². The standard InChI is InChI=1S/C46H27N3OS/c1-2-12-28(13-3-1)29-14-10-15-30(26-29)43-45-44(34-18-6-9-23-41(34)51-45)48-46(47-43)31-24-25-39-35(27-31)42-38(21-11-22-40(42)50-39)49-36-19-7-4-16-32(36)33-17-5-8-20-37(33)49/h1-27H. The molecule has 0 spiro atoms. The molecule has 0 N–H and O–H groups in total. The van der Waals surface area contributed by atoms with Gasteiger partial charge in [-0.15, -0.1) is 11.3 Å². The van der Waals surface area contributed by atoms with Gasteiger partial charge in [0, 0.05) is 37.4 Å². The van der Waals surface area contributed by atoms with Crippen molar-refractivity contribution in [2.45, 2.75) is 0 Å². The summed E-state index contributed by atoms with van der Waals surface area (Å²) in [5.74, 6) is 0.691. The minimum absolute atomic E-state index is 0.691. The smallest absolute Gasteiger partial charge is 0.160 e. The van der Waals surface area contributed by atoms with E-state index in [0.717, 1.165) is 76.6 Å². The van der Waals surface area contributed by atoms with Crippen LogP contribution in [0.25, 0.3) is 104 Å². The first-order chi connectivity index (χ1) is 25.3. The van der Waals surface area contributed by atoms with Gasteiger partial charge in [0.25, 0.3) is 0 Å². The average molecular weight is 670 g/mol. The summed E-state index contributed by atoms with van der Waals surface area (Å²) < 4.78 is 11.2. The van der Waals surface area contributed by atoms with Crippen LogP contribution in [-0.2, 0) is 0 Å². The SMILES string of the molecule is c1ccc(-c2cccc(-c3nc(-c4ccc5oc6cccc(-n7c8ccccc8c8ccccc87)c6c5c4)nc4c3sc3ccccc34)c2)cc1. The van der Waals surface area contributed by atoms with Gasteiger partial charge in [0.05, 0.1) is 38.0 Å². The van der Waals surface area contributed by atoms with Crippen LogP contribution in [0.2, 0.25) is 0 Å². The van der Waals surface area contributed by atoms with E-state index < -0.39 is 0 Å². The number of rotatable bonds is 4. The molecule has 11 aromatic rings. The number of hydrogen-bond acceptors (Lipinski definition) is 4. The van der Waals surface area contributed by atoms with Crippen LogP contribution in [0.1, 0.15) is 0 Å². The van der Waals surface area contributed by atoms with Gasteiger partial charge in [-0.3, -0.25) is 0 Å². The summed E-state index contributed by atoms with van der Waals surface area (Å²) in [5.41, 5.74) is 11.4. The summed E-state index contributed by atoms with van der Waals surface area (Å²) in [7, 11) is 0. The Balaban J connectivity index is 1.16. The number of benzene rings is 7. The zero-order chi connectivity index (χ0) is 33.5. The van der Waals surface area contributed by atoms with Crippen LogP contribution in [0.5, 0.6) is 0 Å². The summed E-state index contributed by atoms with van der Waals surface area (Å²) in [6.45, 7) is 0. The largest absolute Gasteiger partial charge is 0.456 e. The van der Waals surface area contributed by atoms with Crippen LogP contribution in [0.4, 0.5) is 0 Å². The van der Waals surface area contributed by atoms with E-state index in [4.69, 9.17) is 14.4 Å². The summed E-state index contributed by atoms with van der Waals surface area (Å²) in [5, 5.41) is 5.70. The molecule has 0 radical (unpaired) electrons. The molecule has 0 saturated heterocycles. The van der Waals surface area contributed by atoms with E-state index in [-0.39, 0.29) is 0 Å². The minimum atomic E-state index is 0.691. The monoisotopic (exact) mass is 669 g/mol. The van der Waals surface area contributed by atoms with Crippen molar-refractivity contribution in [2.24, 2.45) is 0 Å². The Kier molecular flexibility index (Phi) is 6.09. The highest BCUT2D eigenvalue weighted by Gasteiger charge is 2.20. The molecule has 0 unspecified atom stereocenters. The zero-order valence-corrected chi connectivity index (χ0v) is 28.1. The number of aromatic nitrogens is 3. The third-order valence-electron chi connectivity index (χ3n) is 10.0. The fourth-order valence-electron chi connectivity index (χ4n) is 7.71. The van der Waals surface area contributed by atoms with Gasteiger partial charge in [-0.25, -0.2) is 9.97 Å². The van der Waals surface area contributed by atoms with E-state index in [1.165, 1.54) is 21.0 Å². The van der Waals surface area contributed by atoms with Crippen LogP contribution in [0, 0.1) is 0 Å². The number of hydrogen-bond donors (Lipinski definition) is 0. The van der Waals surface area contributed by atoms with Crippen LogP contribution >= 0.6 is 11.3 Å². The number of nitrogens with zero attached hydrogens (tertiary/aromatic N) is 3. The van der Waals surface area contributed by atoms with Crippen LogP contribution in [0.3, 0.4) is 0 Å². The van der Waals surface area contributed by atoms with Gasteiger partial charge in [0.15, 0.2) is 5.82 Å². The quantitative estimate of drug-likeness (QED) is 0.187. The Morgan fingerprint density at radius 1 is 0.471 bits per heavy atom. The van der Waals surface area contributed by atoms with Crippen molar-refractivity contribution < 1.29 is 4.42 Å². The van der Waals surface area contributed by atoms with Crippen molar-refractivity contribution >= 4 is 75.4 Å². The van der Waals surface area contributed by atoms with Gasteiger partial charge in [0.2, 0.25) is 0 Å². The molecule has 0 fully saturated rings. The molecular weight excluding hydrogens is 643 g/mol. The van der Waals surface area contributed by atoms with Gasteiger partial charge in [0.1, 0.15) is 11.2 Å². The molecule has 0 aliphatic rings. The Bertz CT molecular complexity index is 3100. The maximum Gasteiger partial charge on any atom is 0.160 e. The predicted octanol–water partition coefficient (Wildman–Crippen LogP) is 12.8. The van der Waals surface area contributed by atoms with Crippen LogP contribution in [0.15, 0.2) is 168 Å². The molecule has 0 aliphatic carbocycles. The van der Waals surface area contributed by atoms with E-state index in [1.807, 2.05) is 0 Å².